The van der Waals surface area contributed by atoms with Crippen LogP contribution in [0.25, 0.3) is 0 Å². The molecule has 0 spiro atoms. The average Bonchev–Trinajstić information content (AvgIpc) is 3.46. The summed E-state index contributed by atoms with van der Waals surface area (Å²) in [6.07, 6.45) is 0. The maximum Gasteiger partial charge on any atom is 0.255 e. The van der Waals surface area contributed by atoms with Gasteiger partial charge >= 0.3 is 0 Å². The Morgan fingerprint density at radius 3 is 2.51 bits per heavy atom. The molecule has 1 unspecified atom stereocenters. The number of para-hydroxylation sites is 1. The SMILES string of the molecule is COc1cc(C2C(C(=O)Nc3ccccc3)=C(C)Nc3nc(SCc4ccccc4Cl)nn32)cc(Br)c1OCc1ccc(Cl)cc1Cl. The molecule has 1 amide bonds. The van der Waals surface area contributed by atoms with Gasteiger partial charge in [0.1, 0.15) is 12.6 Å². The molecule has 6 rings (SSSR count). The summed E-state index contributed by atoms with van der Waals surface area (Å²) in [5.74, 6) is 1.71. The lowest BCUT2D eigenvalue weighted by Crippen LogP contribution is -2.31. The fourth-order valence-electron chi connectivity index (χ4n) is 5.10. The van der Waals surface area contributed by atoms with Crippen LogP contribution in [0.1, 0.15) is 29.7 Å². The number of anilines is 2. The minimum atomic E-state index is -0.665. The van der Waals surface area contributed by atoms with E-state index in [1.165, 1.54) is 11.8 Å². The number of carbonyl (C=O) groups excluding carboxylic acids is 1. The zero-order valence-corrected chi connectivity index (χ0v) is 29.7. The van der Waals surface area contributed by atoms with E-state index < -0.39 is 6.04 Å². The van der Waals surface area contributed by atoms with E-state index in [0.717, 1.165) is 16.7 Å². The Balaban J connectivity index is 1.37. The van der Waals surface area contributed by atoms with E-state index in [2.05, 4.69) is 26.6 Å². The molecule has 8 nitrogen and oxygen atoms in total. The van der Waals surface area contributed by atoms with Crippen molar-refractivity contribution in [3.8, 4) is 11.5 Å². The molecule has 2 heterocycles. The largest absolute Gasteiger partial charge is 0.493 e. The van der Waals surface area contributed by atoms with E-state index in [4.69, 9.17) is 54.4 Å². The first-order valence-corrected chi connectivity index (χ1v) is 17.2. The van der Waals surface area contributed by atoms with Crippen molar-refractivity contribution in [2.45, 2.75) is 30.5 Å². The number of aromatic nitrogens is 3. The first-order valence-electron chi connectivity index (χ1n) is 14.3. The zero-order valence-electron chi connectivity index (χ0n) is 25.1. The predicted octanol–water partition coefficient (Wildman–Crippen LogP) is 9.81. The fraction of sp³-hybridized carbons (Fsp3) is 0.147. The minimum Gasteiger partial charge on any atom is -0.493 e. The highest BCUT2D eigenvalue weighted by atomic mass is 79.9. The molecule has 0 saturated carbocycles. The lowest BCUT2D eigenvalue weighted by Gasteiger charge is -2.29. The van der Waals surface area contributed by atoms with E-state index in [0.29, 0.717) is 64.9 Å². The summed E-state index contributed by atoms with van der Waals surface area (Å²) in [4.78, 5) is 18.7. The lowest BCUT2D eigenvalue weighted by atomic mass is 9.94. The first kappa shape index (κ1) is 33.2. The number of nitrogens with one attached hydrogen (secondary N) is 2. The van der Waals surface area contributed by atoms with Gasteiger partial charge in [-0.2, -0.15) is 4.98 Å². The van der Waals surface area contributed by atoms with Crippen molar-refractivity contribution < 1.29 is 14.3 Å². The molecule has 0 fully saturated rings. The van der Waals surface area contributed by atoms with E-state index in [1.54, 1.807) is 23.9 Å². The number of carbonyl (C=O) groups is 1. The van der Waals surface area contributed by atoms with Gasteiger partial charge in [-0.05, 0) is 76.4 Å². The Bertz CT molecular complexity index is 1990. The quantitative estimate of drug-likeness (QED) is 0.137. The van der Waals surface area contributed by atoms with Crippen molar-refractivity contribution in [2.24, 2.45) is 0 Å². The summed E-state index contributed by atoms with van der Waals surface area (Å²) in [5, 5.41) is 13.4. The molecular formula is C34H27BrCl3N5O3S. The summed E-state index contributed by atoms with van der Waals surface area (Å²) in [6, 6.07) is 25.3. The summed E-state index contributed by atoms with van der Waals surface area (Å²) >= 11 is 24.0. The second-order valence-corrected chi connectivity index (χ2v) is 13.5. The summed E-state index contributed by atoms with van der Waals surface area (Å²) in [7, 11) is 1.56. The summed E-state index contributed by atoms with van der Waals surface area (Å²) in [6.45, 7) is 2.03. The molecule has 4 aromatic carbocycles. The zero-order chi connectivity index (χ0) is 33.1. The number of nitrogens with zero attached hydrogens (tertiary/aromatic N) is 3. The highest BCUT2D eigenvalue weighted by Crippen LogP contribution is 2.44. The Labute approximate surface area is 299 Å². The molecule has 47 heavy (non-hydrogen) atoms. The number of thioether (sulfide) groups is 1. The van der Waals surface area contributed by atoms with E-state index >= 15 is 0 Å². The van der Waals surface area contributed by atoms with Gasteiger partial charge in [-0.25, -0.2) is 4.68 Å². The third-order valence-electron chi connectivity index (χ3n) is 7.38. The molecule has 240 valence electrons. The predicted molar refractivity (Wildman–Crippen MR) is 192 cm³/mol. The van der Waals surface area contributed by atoms with Crippen molar-refractivity contribution in [1.82, 2.24) is 14.8 Å². The van der Waals surface area contributed by atoms with Crippen LogP contribution in [0.15, 0.2) is 106 Å². The van der Waals surface area contributed by atoms with Gasteiger partial charge in [0.15, 0.2) is 11.5 Å². The highest BCUT2D eigenvalue weighted by molar-refractivity contribution is 9.10. The lowest BCUT2D eigenvalue weighted by molar-refractivity contribution is -0.113. The van der Waals surface area contributed by atoms with Gasteiger partial charge in [-0.3, -0.25) is 4.79 Å². The molecule has 1 atom stereocenters. The van der Waals surface area contributed by atoms with Crippen LogP contribution >= 0.6 is 62.5 Å². The Morgan fingerprint density at radius 2 is 1.77 bits per heavy atom. The molecule has 1 aliphatic heterocycles. The van der Waals surface area contributed by atoms with E-state index in [9.17, 15) is 4.79 Å². The Kier molecular flexibility index (Phi) is 10.3. The number of benzene rings is 4. The van der Waals surface area contributed by atoms with E-state index in [-0.39, 0.29) is 12.5 Å². The molecule has 0 saturated heterocycles. The van der Waals surface area contributed by atoms with Gasteiger partial charge in [0.2, 0.25) is 11.1 Å². The first-order chi connectivity index (χ1) is 22.7. The van der Waals surface area contributed by atoms with Crippen LogP contribution in [-0.2, 0) is 17.2 Å². The van der Waals surface area contributed by atoms with Crippen molar-refractivity contribution in [1.29, 1.82) is 0 Å². The molecule has 1 aromatic heterocycles. The standard InChI is InChI=1S/C34H27BrCl3N5O3S/c1-19-29(32(44)40-24-9-4-3-5-10-24)30(43-33(39-19)41-34(42-43)47-18-21-8-6-7-11-26(21)37)22-14-25(35)31(28(15-22)45-2)46-17-20-12-13-23(36)16-27(20)38/h3-16,30H,17-18H2,1-2H3,(H,40,44)(H,39,41,42). The van der Waals surface area contributed by atoms with Crippen molar-refractivity contribution >= 4 is 80.0 Å². The molecule has 2 N–H and O–H groups in total. The van der Waals surface area contributed by atoms with Gasteiger partial charge in [-0.1, -0.05) is 89.0 Å². The number of halogens is 4. The number of hydrogen-bond acceptors (Lipinski definition) is 7. The maximum atomic E-state index is 14.0. The number of amides is 1. The highest BCUT2D eigenvalue weighted by Gasteiger charge is 2.35. The minimum absolute atomic E-state index is 0.181. The molecule has 13 heteroatoms. The molecule has 0 radical (unpaired) electrons. The normalized spacial score (nSPS) is 14.0. The van der Waals surface area contributed by atoms with Crippen LogP contribution in [0.4, 0.5) is 11.6 Å². The van der Waals surface area contributed by atoms with Gasteiger partial charge in [-0.15, -0.1) is 5.10 Å². The monoisotopic (exact) mass is 769 g/mol. The number of hydrogen-bond donors (Lipinski definition) is 2. The number of methoxy groups -OCH3 is 1. The van der Waals surface area contributed by atoms with Crippen LogP contribution in [0, 0.1) is 0 Å². The van der Waals surface area contributed by atoms with Crippen molar-refractivity contribution in [3.05, 3.63) is 132 Å². The summed E-state index contributed by atoms with van der Waals surface area (Å²) < 4.78 is 14.3. The Hall–Kier alpha value is -3.67. The number of rotatable bonds is 10. The van der Waals surface area contributed by atoms with Crippen molar-refractivity contribution in [2.75, 3.05) is 17.7 Å². The van der Waals surface area contributed by atoms with Crippen LogP contribution in [0.3, 0.4) is 0 Å². The summed E-state index contributed by atoms with van der Waals surface area (Å²) in [5.41, 5.74) is 4.22. The number of ether oxygens (including phenoxy) is 2. The molecule has 5 aromatic rings. The van der Waals surface area contributed by atoms with Crippen molar-refractivity contribution in [3.63, 3.8) is 0 Å². The van der Waals surface area contributed by atoms with E-state index in [1.807, 2.05) is 79.7 Å². The topological polar surface area (TPSA) is 90.3 Å². The van der Waals surface area contributed by atoms with Crippen LogP contribution < -0.4 is 20.1 Å². The maximum absolute atomic E-state index is 14.0. The second-order valence-electron chi connectivity index (χ2n) is 10.5. The Morgan fingerprint density at radius 1 is 1.00 bits per heavy atom. The van der Waals surface area contributed by atoms with Gasteiger partial charge in [0, 0.05) is 37.8 Å². The molecule has 0 bridgehead atoms. The molecule has 1 aliphatic rings. The van der Waals surface area contributed by atoms with Gasteiger partial charge < -0.3 is 20.1 Å². The number of fused-ring (bicyclic) bond motifs is 1. The third-order valence-corrected chi connectivity index (χ3v) is 9.81. The second kappa shape index (κ2) is 14.6. The van der Waals surface area contributed by atoms with Gasteiger partial charge in [0.05, 0.1) is 17.2 Å². The fourth-order valence-corrected chi connectivity index (χ4v) is 7.25. The smallest absolute Gasteiger partial charge is 0.255 e. The molecule has 0 aliphatic carbocycles. The van der Waals surface area contributed by atoms with Crippen LogP contribution in [0.5, 0.6) is 11.5 Å². The van der Waals surface area contributed by atoms with Gasteiger partial charge in [0.25, 0.3) is 5.91 Å². The average molecular weight is 772 g/mol. The van der Waals surface area contributed by atoms with Crippen LogP contribution in [-0.4, -0.2) is 27.8 Å². The number of allylic oxidation sites excluding steroid dienone is 1. The molecular weight excluding hydrogens is 745 g/mol. The third kappa shape index (κ3) is 7.42. The van der Waals surface area contributed by atoms with Crippen LogP contribution in [0.2, 0.25) is 15.1 Å².